The molecule has 0 bridgehead atoms. The average molecular weight is 275 g/mol. The fourth-order valence-electron chi connectivity index (χ4n) is 2.55. The van der Waals surface area contributed by atoms with E-state index in [9.17, 15) is 9.59 Å². The van der Waals surface area contributed by atoms with E-state index in [2.05, 4.69) is 10.6 Å². The molecule has 1 saturated carbocycles. The fourth-order valence-corrected chi connectivity index (χ4v) is 2.55. The molecule has 0 aliphatic heterocycles. The van der Waals surface area contributed by atoms with Crippen LogP contribution in [0.3, 0.4) is 0 Å². The Hall–Kier alpha value is -1.88. The second-order valence-electron chi connectivity index (χ2n) is 5.37. The Morgan fingerprint density at radius 2 is 2.15 bits per heavy atom. The van der Waals surface area contributed by atoms with Crippen LogP contribution in [0.15, 0.2) is 24.3 Å². The molecule has 4 N–H and O–H groups in total. The second-order valence-corrected chi connectivity index (χ2v) is 5.37. The molecule has 0 spiro atoms. The third-order valence-electron chi connectivity index (χ3n) is 3.56. The zero-order chi connectivity index (χ0) is 14.5. The van der Waals surface area contributed by atoms with Crippen molar-refractivity contribution in [2.45, 2.75) is 38.8 Å². The summed E-state index contributed by atoms with van der Waals surface area (Å²) in [6.07, 6.45) is 2.58. The van der Waals surface area contributed by atoms with Gasteiger partial charge in [0.05, 0.1) is 0 Å². The average Bonchev–Trinajstić information content (AvgIpc) is 2.82. The number of nitrogens with two attached hydrogens (primary N) is 1. The Labute approximate surface area is 118 Å². The maximum Gasteiger partial charge on any atom is 0.223 e. The molecule has 2 unspecified atom stereocenters. The molecule has 0 saturated heterocycles. The van der Waals surface area contributed by atoms with Crippen LogP contribution in [0.4, 0.5) is 5.69 Å². The summed E-state index contributed by atoms with van der Waals surface area (Å²) in [4.78, 5) is 23.0. The quantitative estimate of drug-likeness (QED) is 0.776. The molecule has 0 radical (unpaired) electrons. The minimum Gasteiger partial charge on any atom is -0.352 e. The molecular formula is C15H21N3O2. The van der Waals surface area contributed by atoms with Crippen molar-refractivity contribution in [2.75, 3.05) is 5.32 Å². The van der Waals surface area contributed by atoms with Crippen LogP contribution in [-0.2, 0) is 16.1 Å². The zero-order valence-electron chi connectivity index (χ0n) is 11.7. The number of hydrogen-bond acceptors (Lipinski definition) is 3. The van der Waals surface area contributed by atoms with Crippen molar-refractivity contribution in [1.29, 1.82) is 0 Å². The second kappa shape index (κ2) is 6.52. The molecule has 5 nitrogen and oxygen atoms in total. The van der Waals surface area contributed by atoms with E-state index in [1.54, 1.807) is 0 Å². The highest BCUT2D eigenvalue weighted by Gasteiger charge is 2.27. The van der Waals surface area contributed by atoms with Crippen molar-refractivity contribution in [1.82, 2.24) is 5.32 Å². The molecule has 108 valence electrons. The van der Waals surface area contributed by atoms with E-state index in [0.29, 0.717) is 6.54 Å². The lowest BCUT2D eigenvalue weighted by Gasteiger charge is -2.11. The van der Waals surface area contributed by atoms with Crippen molar-refractivity contribution >= 4 is 17.5 Å². The smallest absolute Gasteiger partial charge is 0.223 e. The Morgan fingerprint density at radius 1 is 1.35 bits per heavy atom. The minimum atomic E-state index is -0.105. The summed E-state index contributed by atoms with van der Waals surface area (Å²) in [5.74, 6) is 0.0116. The van der Waals surface area contributed by atoms with E-state index in [1.165, 1.54) is 6.92 Å². The van der Waals surface area contributed by atoms with E-state index >= 15 is 0 Å². The normalized spacial score (nSPS) is 21.5. The minimum absolute atomic E-state index is 0.0449. The molecule has 1 aliphatic rings. The molecule has 1 aromatic carbocycles. The van der Waals surface area contributed by atoms with Crippen LogP contribution in [0.25, 0.3) is 0 Å². The summed E-state index contributed by atoms with van der Waals surface area (Å²) in [6, 6.07) is 7.63. The van der Waals surface area contributed by atoms with Crippen LogP contribution < -0.4 is 16.4 Å². The number of carbonyl (C=O) groups is 2. The van der Waals surface area contributed by atoms with Gasteiger partial charge in [-0.25, -0.2) is 0 Å². The van der Waals surface area contributed by atoms with Crippen molar-refractivity contribution in [3.63, 3.8) is 0 Å². The number of benzene rings is 1. The van der Waals surface area contributed by atoms with Crippen molar-refractivity contribution in [3.05, 3.63) is 29.8 Å². The Bertz CT molecular complexity index is 502. The molecule has 2 atom stereocenters. The van der Waals surface area contributed by atoms with Crippen molar-refractivity contribution in [3.8, 4) is 0 Å². The summed E-state index contributed by atoms with van der Waals surface area (Å²) in [7, 11) is 0. The summed E-state index contributed by atoms with van der Waals surface area (Å²) >= 11 is 0. The van der Waals surface area contributed by atoms with Crippen LogP contribution in [0.1, 0.15) is 31.7 Å². The first kappa shape index (κ1) is 14.5. The van der Waals surface area contributed by atoms with Crippen LogP contribution in [0, 0.1) is 5.92 Å². The third kappa shape index (κ3) is 4.06. The first-order valence-electron chi connectivity index (χ1n) is 6.94. The molecule has 5 heteroatoms. The van der Waals surface area contributed by atoms with Crippen LogP contribution in [-0.4, -0.2) is 17.9 Å². The third-order valence-corrected chi connectivity index (χ3v) is 3.56. The lowest BCUT2D eigenvalue weighted by Crippen LogP contribution is -2.30. The van der Waals surface area contributed by atoms with Crippen molar-refractivity contribution < 1.29 is 9.59 Å². The van der Waals surface area contributed by atoms with Crippen molar-refractivity contribution in [2.24, 2.45) is 11.7 Å². The standard InChI is InChI=1S/C15H21N3O2/c1-10(19)18-14-4-2-3-11(7-14)9-17-15(20)12-5-6-13(16)8-12/h2-4,7,12-13H,5-6,8-9,16H2,1H3,(H,17,20)(H,18,19). The van der Waals surface area contributed by atoms with Gasteiger partial charge in [-0.05, 0) is 37.0 Å². The number of carbonyl (C=O) groups excluding carboxylic acids is 2. The number of anilines is 1. The monoisotopic (exact) mass is 275 g/mol. The highest BCUT2D eigenvalue weighted by Crippen LogP contribution is 2.24. The van der Waals surface area contributed by atoms with Gasteiger partial charge in [-0.3, -0.25) is 9.59 Å². The van der Waals surface area contributed by atoms with E-state index in [4.69, 9.17) is 5.73 Å². The molecule has 2 amide bonds. The van der Waals surface area contributed by atoms with Gasteiger partial charge in [0, 0.05) is 31.1 Å². The Morgan fingerprint density at radius 3 is 2.80 bits per heavy atom. The molecule has 1 fully saturated rings. The van der Waals surface area contributed by atoms with Gasteiger partial charge in [-0.2, -0.15) is 0 Å². The summed E-state index contributed by atoms with van der Waals surface area (Å²) < 4.78 is 0. The van der Waals surface area contributed by atoms with E-state index in [0.717, 1.165) is 30.5 Å². The highest BCUT2D eigenvalue weighted by molar-refractivity contribution is 5.88. The number of amides is 2. The predicted molar refractivity (Wildman–Crippen MR) is 77.9 cm³/mol. The molecule has 1 aromatic rings. The fraction of sp³-hybridized carbons (Fsp3) is 0.467. The van der Waals surface area contributed by atoms with Gasteiger partial charge in [0.25, 0.3) is 0 Å². The molecular weight excluding hydrogens is 254 g/mol. The van der Waals surface area contributed by atoms with Crippen LogP contribution >= 0.6 is 0 Å². The first-order chi connectivity index (χ1) is 9.54. The molecule has 0 aromatic heterocycles. The maximum absolute atomic E-state index is 12.0. The van der Waals surface area contributed by atoms with Gasteiger partial charge in [0.15, 0.2) is 0 Å². The summed E-state index contributed by atoms with van der Waals surface area (Å²) in [5, 5.41) is 5.66. The number of hydrogen-bond donors (Lipinski definition) is 3. The van der Waals surface area contributed by atoms with Gasteiger partial charge < -0.3 is 16.4 Å². The molecule has 2 rings (SSSR count). The molecule has 20 heavy (non-hydrogen) atoms. The van der Waals surface area contributed by atoms with Gasteiger partial charge in [-0.15, -0.1) is 0 Å². The SMILES string of the molecule is CC(=O)Nc1cccc(CNC(=O)C2CCC(N)C2)c1. The topological polar surface area (TPSA) is 84.2 Å². The van der Waals surface area contributed by atoms with Gasteiger partial charge in [-0.1, -0.05) is 12.1 Å². The summed E-state index contributed by atoms with van der Waals surface area (Å²) in [5.41, 5.74) is 7.52. The summed E-state index contributed by atoms with van der Waals surface area (Å²) in [6.45, 7) is 1.94. The van der Waals surface area contributed by atoms with Crippen LogP contribution in [0.2, 0.25) is 0 Å². The van der Waals surface area contributed by atoms with E-state index < -0.39 is 0 Å². The lowest BCUT2D eigenvalue weighted by molar-refractivity contribution is -0.125. The maximum atomic E-state index is 12.0. The molecule has 1 aliphatic carbocycles. The van der Waals surface area contributed by atoms with Gasteiger partial charge >= 0.3 is 0 Å². The Kier molecular flexibility index (Phi) is 4.74. The number of nitrogens with one attached hydrogen (secondary N) is 2. The Balaban J connectivity index is 1.87. The van der Waals surface area contributed by atoms with Gasteiger partial charge in [0.1, 0.15) is 0 Å². The van der Waals surface area contributed by atoms with E-state index in [-0.39, 0.29) is 23.8 Å². The van der Waals surface area contributed by atoms with Gasteiger partial charge in [0.2, 0.25) is 11.8 Å². The lowest BCUT2D eigenvalue weighted by atomic mass is 10.1. The zero-order valence-corrected chi connectivity index (χ0v) is 11.7. The largest absolute Gasteiger partial charge is 0.352 e. The molecule has 0 heterocycles. The number of rotatable bonds is 4. The van der Waals surface area contributed by atoms with E-state index in [1.807, 2.05) is 24.3 Å². The van der Waals surface area contributed by atoms with Crippen LogP contribution in [0.5, 0.6) is 0 Å². The predicted octanol–water partition coefficient (Wildman–Crippen LogP) is 1.39. The first-order valence-corrected chi connectivity index (χ1v) is 6.94. The highest BCUT2D eigenvalue weighted by atomic mass is 16.2.